The van der Waals surface area contributed by atoms with Crippen molar-refractivity contribution in [3.05, 3.63) is 11.3 Å². The number of nitrogens with zero attached hydrogens (tertiary/aromatic N) is 3. The number of nitrogens with two attached hydrogens (primary N) is 1. The minimum absolute atomic E-state index is 0.0315. The number of halogens is 1. The van der Waals surface area contributed by atoms with Crippen LogP contribution in [0.3, 0.4) is 0 Å². The van der Waals surface area contributed by atoms with Gasteiger partial charge in [0, 0.05) is 19.8 Å². The third-order valence-corrected chi connectivity index (χ3v) is 3.24. The largest absolute Gasteiger partial charge is 0.382 e. The zero-order chi connectivity index (χ0) is 12.3. The first-order chi connectivity index (χ1) is 7.31. The highest BCUT2D eigenvalue weighted by Crippen LogP contribution is 2.25. The summed E-state index contributed by atoms with van der Waals surface area (Å²) in [5, 5.41) is 0.235. The second-order valence-electron chi connectivity index (χ2n) is 3.45. The molecule has 1 heterocycles. The van der Waals surface area contributed by atoms with Gasteiger partial charge >= 0.3 is 0 Å². The van der Waals surface area contributed by atoms with E-state index in [0.717, 1.165) is 0 Å². The number of anilines is 2. The predicted octanol–water partition coefficient (Wildman–Crippen LogP) is 0.193. The van der Waals surface area contributed by atoms with Gasteiger partial charge in [-0.25, -0.2) is 18.4 Å². The number of hydrogen-bond donors (Lipinski definition) is 1. The molecule has 1 rings (SSSR count). The maximum atomic E-state index is 11.0. The van der Waals surface area contributed by atoms with Crippen molar-refractivity contribution in [2.45, 2.75) is 0 Å². The molecule has 0 aliphatic heterocycles. The molecule has 0 radical (unpaired) electrons. The average molecular weight is 265 g/mol. The highest BCUT2D eigenvalue weighted by molar-refractivity contribution is 7.90. The number of aromatic nitrogens is 2. The number of rotatable bonds is 4. The van der Waals surface area contributed by atoms with Crippen LogP contribution in [-0.4, -0.2) is 44.0 Å². The van der Waals surface area contributed by atoms with Gasteiger partial charge in [0.1, 0.15) is 27.0 Å². The van der Waals surface area contributed by atoms with Crippen molar-refractivity contribution in [1.82, 2.24) is 9.97 Å². The molecule has 8 heteroatoms. The second-order valence-corrected chi connectivity index (χ2v) is 6.09. The van der Waals surface area contributed by atoms with Crippen molar-refractivity contribution < 1.29 is 8.42 Å². The molecule has 0 atom stereocenters. The zero-order valence-corrected chi connectivity index (χ0v) is 10.6. The Labute approximate surface area is 99.4 Å². The van der Waals surface area contributed by atoms with Crippen LogP contribution in [0, 0.1) is 0 Å². The van der Waals surface area contributed by atoms with Gasteiger partial charge in [0.2, 0.25) is 0 Å². The molecule has 2 N–H and O–H groups in total. The molecule has 0 saturated carbocycles. The lowest BCUT2D eigenvalue weighted by atomic mass is 10.5. The molecule has 6 nitrogen and oxygen atoms in total. The van der Waals surface area contributed by atoms with Gasteiger partial charge in [-0.1, -0.05) is 11.6 Å². The Morgan fingerprint density at radius 1 is 1.50 bits per heavy atom. The van der Waals surface area contributed by atoms with E-state index in [1.165, 1.54) is 12.6 Å². The molecule has 1 aromatic heterocycles. The predicted molar refractivity (Wildman–Crippen MR) is 64.4 cm³/mol. The van der Waals surface area contributed by atoms with Crippen molar-refractivity contribution in [2.75, 3.05) is 36.2 Å². The first-order valence-electron chi connectivity index (χ1n) is 4.46. The van der Waals surface area contributed by atoms with Crippen LogP contribution in [0.15, 0.2) is 6.33 Å². The van der Waals surface area contributed by atoms with E-state index in [-0.39, 0.29) is 16.6 Å². The minimum atomic E-state index is -3.01. The summed E-state index contributed by atoms with van der Waals surface area (Å²) in [5.74, 6) is 0.639. The van der Waals surface area contributed by atoms with Crippen molar-refractivity contribution in [1.29, 1.82) is 0 Å². The van der Waals surface area contributed by atoms with Crippen molar-refractivity contribution >= 4 is 33.1 Å². The van der Waals surface area contributed by atoms with Crippen LogP contribution >= 0.6 is 11.6 Å². The lowest BCUT2D eigenvalue weighted by Gasteiger charge is -2.18. The SMILES string of the molecule is CN(CCS(C)(=O)=O)c1ncnc(N)c1Cl. The monoisotopic (exact) mass is 264 g/mol. The molecule has 0 amide bonds. The lowest BCUT2D eigenvalue weighted by Crippen LogP contribution is -2.26. The van der Waals surface area contributed by atoms with E-state index in [2.05, 4.69) is 9.97 Å². The zero-order valence-electron chi connectivity index (χ0n) is 9.01. The van der Waals surface area contributed by atoms with Crippen molar-refractivity contribution in [3.63, 3.8) is 0 Å². The first-order valence-corrected chi connectivity index (χ1v) is 6.90. The highest BCUT2D eigenvalue weighted by Gasteiger charge is 2.12. The summed E-state index contributed by atoms with van der Waals surface area (Å²) < 4.78 is 22.0. The molecule has 1 aromatic rings. The van der Waals surface area contributed by atoms with E-state index in [0.29, 0.717) is 12.4 Å². The van der Waals surface area contributed by atoms with Crippen molar-refractivity contribution in [2.24, 2.45) is 0 Å². The Morgan fingerprint density at radius 2 is 2.12 bits per heavy atom. The van der Waals surface area contributed by atoms with Gasteiger partial charge in [-0.2, -0.15) is 0 Å². The Balaban J connectivity index is 2.81. The van der Waals surface area contributed by atoms with Gasteiger partial charge in [0.15, 0.2) is 5.82 Å². The first kappa shape index (κ1) is 13.0. The maximum Gasteiger partial charge on any atom is 0.152 e. The van der Waals surface area contributed by atoms with E-state index in [4.69, 9.17) is 17.3 Å². The van der Waals surface area contributed by atoms with Crippen LogP contribution in [0.25, 0.3) is 0 Å². The van der Waals surface area contributed by atoms with Gasteiger partial charge < -0.3 is 10.6 Å². The Morgan fingerprint density at radius 3 is 2.69 bits per heavy atom. The Hall–Kier alpha value is -1.08. The minimum Gasteiger partial charge on any atom is -0.382 e. The lowest BCUT2D eigenvalue weighted by molar-refractivity contribution is 0.601. The van der Waals surface area contributed by atoms with E-state index >= 15 is 0 Å². The molecular weight excluding hydrogens is 252 g/mol. The van der Waals surface area contributed by atoms with Gasteiger partial charge in [0.25, 0.3) is 0 Å². The molecule has 0 spiro atoms. The van der Waals surface area contributed by atoms with Gasteiger partial charge in [-0.05, 0) is 0 Å². The molecule has 0 bridgehead atoms. The van der Waals surface area contributed by atoms with Crippen LogP contribution in [0.4, 0.5) is 11.6 Å². The van der Waals surface area contributed by atoms with Gasteiger partial charge in [-0.3, -0.25) is 0 Å². The van der Waals surface area contributed by atoms with Gasteiger partial charge in [0.05, 0.1) is 5.75 Å². The average Bonchev–Trinajstić information content (AvgIpc) is 2.17. The van der Waals surface area contributed by atoms with Crippen LogP contribution in [0.5, 0.6) is 0 Å². The number of hydrogen-bond acceptors (Lipinski definition) is 6. The summed E-state index contributed by atoms with van der Waals surface area (Å²) in [6.07, 6.45) is 2.46. The third-order valence-electron chi connectivity index (χ3n) is 1.96. The summed E-state index contributed by atoms with van der Waals surface area (Å²) >= 11 is 5.90. The summed E-state index contributed by atoms with van der Waals surface area (Å²) in [7, 11) is -1.32. The maximum absolute atomic E-state index is 11.0. The highest BCUT2D eigenvalue weighted by atomic mass is 35.5. The molecule has 0 aromatic carbocycles. The smallest absolute Gasteiger partial charge is 0.152 e. The van der Waals surface area contributed by atoms with Crippen LogP contribution in [0.1, 0.15) is 0 Å². The fourth-order valence-electron chi connectivity index (χ4n) is 1.05. The topological polar surface area (TPSA) is 89.2 Å². The van der Waals surface area contributed by atoms with E-state index in [9.17, 15) is 8.42 Å². The molecular formula is C8H13ClN4O2S. The molecule has 0 saturated heterocycles. The summed E-state index contributed by atoms with van der Waals surface area (Å²) in [4.78, 5) is 9.29. The molecule has 0 aliphatic carbocycles. The van der Waals surface area contributed by atoms with Crippen LogP contribution in [0.2, 0.25) is 5.02 Å². The number of nitrogen functional groups attached to an aromatic ring is 1. The fraction of sp³-hybridized carbons (Fsp3) is 0.500. The second kappa shape index (κ2) is 4.84. The van der Waals surface area contributed by atoms with Gasteiger partial charge in [-0.15, -0.1) is 0 Å². The number of sulfone groups is 1. The van der Waals surface area contributed by atoms with E-state index in [1.54, 1.807) is 11.9 Å². The molecule has 16 heavy (non-hydrogen) atoms. The molecule has 0 aliphatic rings. The van der Waals surface area contributed by atoms with Crippen LogP contribution < -0.4 is 10.6 Å². The fourth-order valence-corrected chi connectivity index (χ4v) is 1.90. The van der Waals surface area contributed by atoms with Crippen LogP contribution in [-0.2, 0) is 9.84 Å². The van der Waals surface area contributed by atoms with E-state index < -0.39 is 9.84 Å². The quantitative estimate of drug-likeness (QED) is 0.835. The van der Waals surface area contributed by atoms with Crippen molar-refractivity contribution in [3.8, 4) is 0 Å². The Kier molecular flexibility index (Phi) is 3.93. The van der Waals surface area contributed by atoms with E-state index in [1.807, 2.05) is 0 Å². The molecule has 90 valence electrons. The normalized spacial score (nSPS) is 11.4. The standard InChI is InChI=1S/C8H13ClN4O2S/c1-13(3-4-16(2,14)15)8-6(9)7(10)11-5-12-8/h5H,3-4H2,1-2H3,(H2,10,11,12). The third kappa shape index (κ3) is 3.49. The molecule has 0 unspecified atom stereocenters. The summed E-state index contributed by atoms with van der Waals surface area (Å²) in [6, 6.07) is 0. The summed E-state index contributed by atoms with van der Waals surface area (Å²) in [5.41, 5.74) is 5.51. The summed E-state index contributed by atoms with van der Waals surface area (Å²) in [6.45, 7) is 0.301. The molecule has 0 fully saturated rings. The Bertz CT molecular complexity index is 477.